The molecule has 0 fully saturated rings. The van der Waals surface area contributed by atoms with E-state index in [4.69, 9.17) is 16.3 Å². The molecule has 4 rings (SSSR count). The monoisotopic (exact) mass is 477 g/mol. The molecular weight excluding hydrogens is 460 g/mol. The summed E-state index contributed by atoms with van der Waals surface area (Å²) in [6.45, 7) is 1.83. The fourth-order valence-corrected chi connectivity index (χ4v) is 3.46. The number of aryl methyl sites for hydroxylation is 1. The van der Waals surface area contributed by atoms with Crippen LogP contribution in [0.5, 0.6) is 5.75 Å². The van der Waals surface area contributed by atoms with Crippen LogP contribution in [0, 0.1) is 18.6 Å². The van der Waals surface area contributed by atoms with Gasteiger partial charge in [0.15, 0.2) is 0 Å². The summed E-state index contributed by atoms with van der Waals surface area (Å²) in [5.41, 5.74) is 2.06. The lowest BCUT2D eigenvalue weighted by Gasteiger charge is -2.14. The van der Waals surface area contributed by atoms with Crippen LogP contribution in [0.25, 0.3) is 11.1 Å². The Morgan fingerprint density at radius 1 is 0.882 bits per heavy atom. The summed E-state index contributed by atoms with van der Waals surface area (Å²) >= 11 is 5.87. The molecule has 7 heteroatoms. The van der Waals surface area contributed by atoms with E-state index in [-0.39, 0.29) is 22.4 Å². The normalized spacial score (nSPS) is 10.6. The largest absolute Gasteiger partial charge is 0.422 e. The maximum absolute atomic E-state index is 14.4. The molecule has 0 aromatic heterocycles. The summed E-state index contributed by atoms with van der Waals surface area (Å²) in [5, 5.41) is 3.25. The van der Waals surface area contributed by atoms with Gasteiger partial charge in [0.05, 0.1) is 11.1 Å². The Morgan fingerprint density at radius 3 is 2.32 bits per heavy atom. The van der Waals surface area contributed by atoms with Gasteiger partial charge in [-0.15, -0.1) is 0 Å². The Morgan fingerprint density at radius 2 is 1.62 bits per heavy atom. The van der Waals surface area contributed by atoms with Crippen molar-refractivity contribution in [3.8, 4) is 16.9 Å². The van der Waals surface area contributed by atoms with E-state index in [0.717, 1.165) is 17.7 Å². The van der Waals surface area contributed by atoms with Crippen LogP contribution in [-0.4, -0.2) is 11.9 Å². The van der Waals surface area contributed by atoms with Gasteiger partial charge in [0.2, 0.25) is 0 Å². The van der Waals surface area contributed by atoms with Gasteiger partial charge in [0.25, 0.3) is 5.91 Å². The molecule has 4 aromatic rings. The van der Waals surface area contributed by atoms with Crippen LogP contribution >= 0.6 is 11.6 Å². The Kier molecular flexibility index (Phi) is 6.70. The van der Waals surface area contributed by atoms with Crippen molar-refractivity contribution in [3.05, 3.63) is 118 Å². The third kappa shape index (κ3) is 5.13. The minimum atomic E-state index is -0.781. The summed E-state index contributed by atoms with van der Waals surface area (Å²) in [4.78, 5) is 25.9. The van der Waals surface area contributed by atoms with E-state index in [9.17, 15) is 18.4 Å². The lowest BCUT2D eigenvalue weighted by molar-refractivity contribution is 0.0733. The molecule has 0 radical (unpaired) electrons. The van der Waals surface area contributed by atoms with Crippen LogP contribution in [0.1, 0.15) is 26.3 Å². The van der Waals surface area contributed by atoms with Gasteiger partial charge in [-0.05, 0) is 72.6 Å². The molecule has 0 aliphatic heterocycles. The van der Waals surface area contributed by atoms with Gasteiger partial charge in [-0.1, -0.05) is 35.9 Å². The number of anilines is 1. The number of hydrogen-bond acceptors (Lipinski definition) is 3. The summed E-state index contributed by atoms with van der Waals surface area (Å²) < 4.78 is 33.3. The lowest BCUT2D eigenvalue weighted by atomic mass is 10.0. The average Bonchev–Trinajstić information content (AvgIpc) is 2.81. The van der Waals surface area contributed by atoms with Crippen LogP contribution in [0.2, 0.25) is 5.02 Å². The number of halogens is 3. The first-order chi connectivity index (χ1) is 16.3. The maximum atomic E-state index is 14.4. The SMILES string of the molecule is Cc1ccccc1NC(=O)c1cc(-c2ccc(F)cc2F)ccc1OC(=O)c1ccc(Cl)cc1. The van der Waals surface area contributed by atoms with Crippen molar-refractivity contribution in [2.24, 2.45) is 0 Å². The second kappa shape index (κ2) is 9.85. The van der Waals surface area contributed by atoms with E-state index in [1.165, 1.54) is 36.4 Å². The molecule has 170 valence electrons. The topological polar surface area (TPSA) is 55.4 Å². The predicted octanol–water partition coefficient (Wildman–Crippen LogP) is 7.07. The minimum absolute atomic E-state index is 0.00629. The van der Waals surface area contributed by atoms with E-state index in [0.29, 0.717) is 16.3 Å². The highest BCUT2D eigenvalue weighted by Crippen LogP contribution is 2.30. The molecule has 4 nitrogen and oxygen atoms in total. The van der Waals surface area contributed by atoms with E-state index >= 15 is 0 Å². The van der Waals surface area contributed by atoms with Gasteiger partial charge >= 0.3 is 5.97 Å². The standard InChI is InChI=1S/C27H18ClF2NO3/c1-16-4-2-3-5-24(16)31-26(32)22-14-18(21-12-11-20(29)15-23(21)30)8-13-25(22)34-27(33)17-6-9-19(28)10-7-17/h2-15H,1H3,(H,31,32). The molecule has 4 aromatic carbocycles. The summed E-state index contributed by atoms with van der Waals surface area (Å²) in [7, 11) is 0. The molecule has 1 N–H and O–H groups in total. The number of rotatable bonds is 5. The summed E-state index contributed by atoms with van der Waals surface area (Å²) in [5.74, 6) is -2.76. The van der Waals surface area contributed by atoms with Crippen molar-refractivity contribution in [3.63, 3.8) is 0 Å². The summed E-state index contributed by atoms with van der Waals surface area (Å²) in [6.07, 6.45) is 0. The zero-order chi connectivity index (χ0) is 24.2. The number of amides is 1. The van der Waals surface area contributed by atoms with Crippen molar-refractivity contribution < 1.29 is 23.1 Å². The van der Waals surface area contributed by atoms with Crippen molar-refractivity contribution in [2.75, 3.05) is 5.32 Å². The van der Waals surface area contributed by atoms with Crippen LogP contribution in [0.3, 0.4) is 0 Å². The molecule has 0 atom stereocenters. The quantitative estimate of drug-likeness (QED) is 0.247. The third-order valence-corrected chi connectivity index (χ3v) is 5.39. The molecule has 0 saturated carbocycles. The van der Waals surface area contributed by atoms with Crippen LogP contribution in [0.15, 0.2) is 84.9 Å². The first kappa shape index (κ1) is 23.1. The number of carbonyl (C=O) groups is 2. The second-order valence-corrected chi connectivity index (χ2v) is 7.94. The van der Waals surface area contributed by atoms with Crippen LogP contribution < -0.4 is 10.1 Å². The Bertz CT molecular complexity index is 1390. The first-order valence-corrected chi connectivity index (χ1v) is 10.6. The number of ether oxygens (including phenoxy) is 1. The van der Waals surface area contributed by atoms with Crippen molar-refractivity contribution >= 4 is 29.2 Å². The zero-order valence-electron chi connectivity index (χ0n) is 17.9. The Balaban J connectivity index is 1.73. The number of benzene rings is 4. The van der Waals surface area contributed by atoms with Crippen LogP contribution in [-0.2, 0) is 0 Å². The molecule has 0 saturated heterocycles. The van der Waals surface area contributed by atoms with Gasteiger partial charge in [-0.25, -0.2) is 13.6 Å². The van der Waals surface area contributed by atoms with Gasteiger partial charge in [0, 0.05) is 22.3 Å². The third-order valence-electron chi connectivity index (χ3n) is 5.14. The van der Waals surface area contributed by atoms with Crippen molar-refractivity contribution in [2.45, 2.75) is 6.92 Å². The molecule has 34 heavy (non-hydrogen) atoms. The number of hydrogen-bond donors (Lipinski definition) is 1. The molecule has 0 bridgehead atoms. The van der Waals surface area contributed by atoms with Crippen LogP contribution in [0.4, 0.5) is 14.5 Å². The van der Waals surface area contributed by atoms with Gasteiger partial charge in [0.1, 0.15) is 17.4 Å². The van der Waals surface area contributed by atoms with Gasteiger partial charge in [-0.2, -0.15) is 0 Å². The predicted molar refractivity (Wildman–Crippen MR) is 127 cm³/mol. The molecule has 0 heterocycles. The molecule has 0 aliphatic carbocycles. The number of para-hydroxylation sites is 1. The molecular formula is C27H18ClF2NO3. The first-order valence-electron chi connectivity index (χ1n) is 10.3. The Labute approximate surface area is 199 Å². The highest BCUT2D eigenvalue weighted by Gasteiger charge is 2.20. The number of carbonyl (C=O) groups excluding carboxylic acids is 2. The molecule has 0 unspecified atom stereocenters. The number of esters is 1. The zero-order valence-corrected chi connectivity index (χ0v) is 18.7. The molecule has 1 amide bonds. The van der Waals surface area contributed by atoms with E-state index in [1.807, 2.05) is 19.1 Å². The fraction of sp³-hybridized carbons (Fsp3) is 0.0370. The average molecular weight is 478 g/mol. The van der Waals surface area contributed by atoms with E-state index in [1.54, 1.807) is 24.3 Å². The van der Waals surface area contributed by atoms with Crippen molar-refractivity contribution in [1.29, 1.82) is 0 Å². The van der Waals surface area contributed by atoms with E-state index < -0.39 is 23.5 Å². The van der Waals surface area contributed by atoms with E-state index in [2.05, 4.69) is 5.32 Å². The lowest BCUT2D eigenvalue weighted by Crippen LogP contribution is -2.17. The van der Waals surface area contributed by atoms with Gasteiger partial charge in [-0.3, -0.25) is 4.79 Å². The smallest absolute Gasteiger partial charge is 0.343 e. The highest BCUT2D eigenvalue weighted by atomic mass is 35.5. The Hall–Kier alpha value is -4.03. The second-order valence-electron chi connectivity index (χ2n) is 7.50. The highest BCUT2D eigenvalue weighted by molar-refractivity contribution is 6.30. The van der Waals surface area contributed by atoms with Crippen molar-refractivity contribution in [1.82, 2.24) is 0 Å². The number of nitrogens with one attached hydrogen (secondary N) is 1. The van der Waals surface area contributed by atoms with Gasteiger partial charge < -0.3 is 10.1 Å². The minimum Gasteiger partial charge on any atom is -0.422 e. The molecule has 0 aliphatic rings. The molecule has 0 spiro atoms. The maximum Gasteiger partial charge on any atom is 0.343 e. The summed E-state index contributed by atoms with van der Waals surface area (Å²) in [6, 6.07) is 20.7. The fourth-order valence-electron chi connectivity index (χ4n) is 3.34.